The van der Waals surface area contributed by atoms with Crippen LogP contribution in [0.25, 0.3) is 0 Å². The van der Waals surface area contributed by atoms with Gasteiger partial charge in [-0.3, -0.25) is 0 Å². The van der Waals surface area contributed by atoms with Crippen molar-refractivity contribution in [1.29, 1.82) is 0 Å². The molecule has 2 N–H and O–H groups in total. The van der Waals surface area contributed by atoms with Gasteiger partial charge in [-0.05, 0) is 23.7 Å². The van der Waals surface area contributed by atoms with Crippen LogP contribution >= 0.6 is 0 Å². The summed E-state index contributed by atoms with van der Waals surface area (Å²) in [5.41, 5.74) is 0.976. The zero-order valence-electron chi connectivity index (χ0n) is 12.0. The SMILES string of the molecule is CC1(C)C(NCC2(CO)CCCCC2)C1(C)C. The van der Waals surface area contributed by atoms with E-state index in [9.17, 15) is 5.11 Å². The van der Waals surface area contributed by atoms with Crippen LogP contribution in [0.1, 0.15) is 59.8 Å². The molecule has 0 unspecified atom stereocenters. The Morgan fingerprint density at radius 1 is 1.00 bits per heavy atom. The van der Waals surface area contributed by atoms with Crippen molar-refractivity contribution in [3.8, 4) is 0 Å². The number of hydrogen-bond acceptors (Lipinski definition) is 2. The third kappa shape index (κ3) is 2.15. The Morgan fingerprint density at radius 3 is 1.94 bits per heavy atom. The summed E-state index contributed by atoms with van der Waals surface area (Å²) in [5, 5.41) is 13.4. The van der Waals surface area contributed by atoms with Crippen LogP contribution in [0, 0.1) is 16.2 Å². The van der Waals surface area contributed by atoms with Gasteiger partial charge in [0.1, 0.15) is 0 Å². The van der Waals surface area contributed by atoms with E-state index in [1.807, 2.05) is 0 Å². The minimum Gasteiger partial charge on any atom is -0.396 e. The first-order valence-corrected chi connectivity index (χ1v) is 7.20. The standard InChI is InChI=1S/C15H29NO/c1-13(2)12(14(13,3)4)16-10-15(11-17)8-6-5-7-9-15/h12,16-17H,5-11H2,1-4H3. The Bertz CT molecular complexity index is 263. The minimum absolute atomic E-state index is 0.174. The average Bonchev–Trinajstić information content (AvgIpc) is 2.68. The molecule has 2 aliphatic carbocycles. The van der Waals surface area contributed by atoms with E-state index in [-0.39, 0.29) is 5.41 Å². The lowest BCUT2D eigenvalue weighted by atomic mass is 9.74. The molecule has 0 saturated heterocycles. The summed E-state index contributed by atoms with van der Waals surface area (Å²) in [7, 11) is 0. The van der Waals surface area contributed by atoms with Crippen molar-refractivity contribution in [3.05, 3.63) is 0 Å². The van der Waals surface area contributed by atoms with Crippen LogP contribution in [0.5, 0.6) is 0 Å². The summed E-state index contributed by atoms with van der Waals surface area (Å²) in [6.07, 6.45) is 6.33. The highest BCUT2D eigenvalue weighted by Crippen LogP contribution is 2.62. The predicted octanol–water partition coefficient (Wildman–Crippen LogP) is 2.95. The quantitative estimate of drug-likeness (QED) is 0.790. The fourth-order valence-electron chi connectivity index (χ4n) is 3.72. The van der Waals surface area contributed by atoms with Gasteiger partial charge < -0.3 is 10.4 Å². The highest BCUT2D eigenvalue weighted by molar-refractivity contribution is 5.18. The van der Waals surface area contributed by atoms with E-state index in [1.54, 1.807) is 0 Å². The largest absolute Gasteiger partial charge is 0.396 e. The summed E-state index contributed by atoms with van der Waals surface area (Å²) < 4.78 is 0. The molecule has 2 rings (SSSR count). The summed E-state index contributed by atoms with van der Waals surface area (Å²) in [6.45, 7) is 10.7. The Kier molecular flexibility index (Phi) is 3.33. The van der Waals surface area contributed by atoms with Crippen LogP contribution in [0.3, 0.4) is 0 Å². The van der Waals surface area contributed by atoms with Crippen molar-refractivity contribution in [2.24, 2.45) is 16.2 Å². The smallest absolute Gasteiger partial charge is 0.0499 e. The topological polar surface area (TPSA) is 32.3 Å². The predicted molar refractivity (Wildman–Crippen MR) is 72.0 cm³/mol. The molecule has 0 aromatic rings. The highest BCUT2D eigenvalue weighted by Gasteiger charge is 2.64. The van der Waals surface area contributed by atoms with E-state index >= 15 is 0 Å². The Balaban J connectivity index is 1.89. The molecular weight excluding hydrogens is 210 g/mol. The highest BCUT2D eigenvalue weighted by atomic mass is 16.3. The van der Waals surface area contributed by atoms with Gasteiger partial charge in [-0.2, -0.15) is 0 Å². The lowest BCUT2D eigenvalue weighted by Crippen LogP contribution is -2.41. The van der Waals surface area contributed by atoms with Crippen molar-refractivity contribution in [1.82, 2.24) is 5.32 Å². The lowest BCUT2D eigenvalue weighted by molar-refractivity contribution is 0.0797. The first-order valence-electron chi connectivity index (χ1n) is 7.20. The maximum atomic E-state index is 9.70. The number of aliphatic hydroxyl groups excluding tert-OH is 1. The molecule has 0 aromatic heterocycles. The third-order valence-corrected chi connectivity index (χ3v) is 5.95. The molecule has 2 saturated carbocycles. The Morgan fingerprint density at radius 2 is 1.53 bits per heavy atom. The maximum Gasteiger partial charge on any atom is 0.0499 e. The normalized spacial score (nSPS) is 30.2. The summed E-state index contributed by atoms with van der Waals surface area (Å²) >= 11 is 0. The first-order chi connectivity index (χ1) is 7.86. The molecule has 0 bridgehead atoms. The molecule has 0 aromatic carbocycles. The van der Waals surface area contributed by atoms with Crippen LogP contribution in [0.2, 0.25) is 0 Å². The zero-order chi connectivity index (χ0) is 12.7. The molecule has 0 aliphatic heterocycles. The number of hydrogen-bond donors (Lipinski definition) is 2. The van der Waals surface area contributed by atoms with E-state index in [4.69, 9.17) is 0 Å². The van der Waals surface area contributed by atoms with Crippen LogP contribution in [-0.4, -0.2) is 24.3 Å². The van der Waals surface area contributed by atoms with E-state index in [1.165, 1.54) is 32.1 Å². The fourth-order valence-corrected chi connectivity index (χ4v) is 3.72. The fraction of sp³-hybridized carbons (Fsp3) is 1.00. The van der Waals surface area contributed by atoms with Gasteiger partial charge in [0.25, 0.3) is 0 Å². The molecule has 2 heteroatoms. The van der Waals surface area contributed by atoms with Gasteiger partial charge >= 0.3 is 0 Å². The molecule has 2 nitrogen and oxygen atoms in total. The van der Waals surface area contributed by atoms with Gasteiger partial charge in [-0.25, -0.2) is 0 Å². The van der Waals surface area contributed by atoms with Gasteiger partial charge in [-0.1, -0.05) is 47.0 Å². The van der Waals surface area contributed by atoms with E-state index in [0.29, 0.717) is 23.5 Å². The van der Waals surface area contributed by atoms with Crippen molar-refractivity contribution < 1.29 is 5.11 Å². The summed E-state index contributed by atoms with van der Waals surface area (Å²) in [5.74, 6) is 0. The van der Waals surface area contributed by atoms with Crippen LogP contribution < -0.4 is 5.32 Å². The third-order valence-electron chi connectivity index (χ3n) is 5.95. The molecule has 0 amide bonds. The molecular formula is C15H29NO. The summed E-state index contributed by atoms with van der Waals surface area (Å²) in [6, 6.07) is 0.611. The van der Waals surface area contributed by atoms with E-state index < -0.39 is 0 Å². The van der Waals surface area contributed by atoms with Crippen molar-refractivity contribution in [3.63, 3.8) is 0 Å². The minimum atomic E-state index is 0.174. The second kappa shape index (κ2) is 4.24. The van der Waals surface area contributed by atoms with Gasteiger partial charge in [-0.15, -0.1) is 0 Å². The van der Waals surface area contributed by atoms with E-state index in [0.717, 1.165) is 6.54 Å². The lowest BCUT2D eigenvalue weighted by Gasteiger charge is -2.36. The van der Waals surface area contributed by atoms with Crippen LogP contribution in [-0.2, 0) is 0 Å². The van der Waals surface area contributed by atoms with Crippen molar-refractivity contribution in [2.75, 3.05) is 13.2 Å². The second-order valence-corrected chi connectivity index (χ2v) is 7.48. The van der Waals surface area contributed by atoms with Gasteiger partial charge in [0.15, 0.2) is 0 Å². The van der Waals surface area contributed by atoms with Gasteiger partial charge in [0.05, 0.1) is 0 Å². The van der Waals surface area contributed by atoms with Crippen molar-refractivity contribution in [2.45, 2.75) is 65.8 Å². The molecule has 0 atom stereocenters. The molecule has 2 fully saturated rings. The second-order valence-electron chi connectivity index (χ2n) is 7.48. The van der Waals surface area contributed by atoms with Gasteiger partial charge in [0, 0.05) is 24.6 Å². The molecule has 0 heterocycles. The van der Waals surface area contributed by atoms with E-state index in [2.05, 4.69) is 33.0 Å². The Labute approximate surface area is 106 Å². The average molecular weight is 239 g/mol. The monoisotopic (exact) mass is 239 g/mol. The van der Waals surface area contributed by atoms with Crippen LogP contribution in [0.4, 0.5) is 0 Å². The number of rotatable bonds is 4. The maximum absolute atomic E-state index is 9.70. The number of nitrogens with one attached hydrogen (secondary N) is 1. The summed E-state index contributed by atoms with van der Waals surface area (Å²) in [4.78, 5) is 0. The Hall–Kier alpha value is -0.0800. The first kappa shape index (κ1) is 13.4. The molecule has 0 spiro atoms. The number of aliphatic hydroxyl groups is 1. The molecule has 17 heavy (non-hydrogen) atoms. The van der Waals surface area contributed by atoms with Crippen molar-refractivity contribution >= 4 is 0 Å². The molecule has 100 valence electrons. The van der Waals surface area contributed by atoms with Gasteiger partial charge in [0.2, 0.25) is 0 Å². The molecule has 2 aliphatic rings. The molecule has 0 radical (unpaired) electrons. The van der Waals surface area contributed by atoms with Crippen LogP contribution in [0.15, 0.2) is 0 Å². The zero-order valence-corrected chi connectivity index (χ0v) is 12.0.